The van der Waals surface area contributed by atoms with Crippen LogP contribution in [0.2, 0.25) is 0 Å². The Balaban J connectivity index is 1.08. The number of carbonyl (C=O) groups excluding carboxylic acids is 2. The average Bonchev–Trinajstić information content (AvgIpc) is 2.89. The molecule has 0 atom stereocenters. The van der Waals surface area contributed by atoms with Gasteiger partial charge in [0.15, 0.2) is 0 Å². The van der Waals surface area contributed by atoms with Crippen LogP contribution in [0.3, 0.4) is 0 Å². The van der Waals surface area contributed by atoms with E-state index in [-0.39, 0.29) is 12.5 Å². The SMILES string of the molecule is O=C(NCCCCCC(=O)N1CCN(c2ccc3ccccc3[nH+]2)CC1)OCc1ccccc1. The van der Waals surface area contributed by atoms with Crippen LogP contribution in [0.5, 0.6) is 0 Å². The van der Waals surface area contributed by atoms with Crippen molar-refractivity contribution in [2.24, 2.45) is 0 Å². The van der Waals surface area contributed by atoms with Gasteiger partial charge in [-0.05, 0) is 30.5 Å². The van der Waals surface area contributed by atoms with Gasteiger partial charge in [0, 0.05) is 24.4 Å². The number of hydrogen-bond donors (Lipinski definition) is 1. The summed E-state index contributed by atoms with van der Waals surface area (Å²) in [6.45, 7) is 3.98. The van der Waals surface area contributed by atoms with Crippen molar-refractivity contribution in [3.05, 3.63) is 72.3 Å². The second kappa shape index (κ2) is 12.0. The van der Waals surface area contributed by atoms with Crippen LogP contribution >= 0.6 is 0 Å². The number of H-pyrrole nitrogens is 1. The molecule has 0 unspecified atom stereocenters. The molecule has 0 saturated carbocycles. The number of carbonyl (C=O) groups is 2. The fourth-order valence-electron chi connectivity index (χ4n) is 4.19. The van der Waals surface area contributed by atoms with Crippen LogP contribution in [-0.2, 0) is 16.1 Å². The second-order valence-corrected chi connectivity index (χ2v) is 8.60. The minimum absolute atomic E-state index is 0.220. The number of aromatic nitrogens is 1. The lowest BCUT2D eigenvalue weighted by molar-refractivity contribution is -0.330. The van der Waals surface area contributed by atoms with Gasteiger partial charge in [-0.15, -0.1) is 0 Å². The molecule has 0 radical (unpaired) electrons. The standard InChI is InChI=1S/C27H32N4O3/c32-26(13-5-2-8-16-28-27(33)34-21-22-9-3-1-4-10-22)31-19-17-30(18-20-31)25-15-14-23-11-6-7-12-24(23)29-25/h1,3-4,6-7,9-12,14-15H,2,5,8,13,16-21H2,(H,28,33)/p+1. The highest BCUT2D eigenvalue weighted by Gasteiger charge is 2.26. The highest BCUT2D eigenvalue weighted by atomic mass is 16.5. The number of alkyl carbamates (subject to hydrolysis) is 1. The van der Waals surface area contributed by atoms with E-state index in [1.54, 1.807) is 0 Å². The van der Waals surface area contributed by atoms with E-state index in [2.05, 4.69) is 39.5 Å². The van der Waals surface area contributed by atoms with E-state index in [0.29, 0.717) is 13.0 Å². The molecule has 1 saturated heterocycles. The van der Waals surface area contributed by atoms with Gasteiger partial charge >= 0.3 is 6.09 Å². The number of pyridine rings is 1. The number of hydrogen-bond acceptors (Lipinski definition) is 4. The van der Waals surface area contributed by atoms with Crippen molar-refractivity contribution in [1.82, 2.24) is 10.2 Å². The summed E-state index contributed by atoms with van der Waals surface area (Å²) >= 11 is 0. The molecule has 1 aliphatic heterocycles. The molecule has 4 rings (SSSR count). The van der Waals surface area contributed by atoms with Crippen molar-refractivity contribution in [2.45, 2.75) is 32.3 Å². The van der Waals surface area contributed by atoms with Gasteiger partial charge in [-0.3, -0.25) is 9.69 Å². The smallest absolute Gasteiger partial charge is 0.407 e. The van der Waals surface area contributed by atoms with E-state index in [4.69, 9.17) is 4.74 Å². The van der Waals surface area contributed by atoms with Gasteiger partial charge in [0.25, 0.3) is 5.82 Å². The number of nitrogens with one attached hydrogen (secondary N) is 2. The summed E-state index contributed by atoms with van der Waals surface area (Å²) < 4.78 is 5.20. The van der Waals surface area contributed by atoms with Crippen molar-refractivity contribution < 1.29 is 19.3 Å². The molecule has 34 heavy (non-hydrogen) atoms. The number of fused-ring (bicyclic) bond motifs is 1. The quantitative estimate of drug-likeness (QED) is 0.492. The molecule has 2 heterocycles. The number of para-hydroxylation sites is 1. The van der Waals surface area contributed by atoms with E-state index in [1.165, 1.54) is 5.39 Å². The van der Waals surface area contributed by atoms with Crippen molar-refractivity contribution >= 4 is 28.7 Å². The maximum atomic E-state index is 12.6. The molecular weight excluding hydrogens is 428 g/mol. The third kappa shape index (κ3) is 6.70. The van der Waals surface area contributed by atoms with Gasteiger partial charge in [-0.2, -0.15) is 0 Å². The van der Waals surface area contributed by atoms with Crippen molar-refractivity contribution in [1.29, 1.82) is 0 Å². The Morgan fingerprint density at radius 2 is 1.62 bits per heavy atom. The minimum atomic E-state index is -0.401. The van der Waals surface area contributed by atoms with Crippen LogP contribution in [0, 0.1) is 0 Å². The lowest BCUT2D eigenvalue weighted by atomic mass is 10.1. The van der Waals surface area contributed by atoms with Gasteiger partial charge in [0.05, 0.1) is 13.1 Å². The Morgan fingerprint density at radius 1 is 0.853 bits per heavy atom. The number of piperazine rings is 1. The van der Waals surface area contributed by atoms with E-state index in [0.717, 1.165) is 62.3 Å². The second-order valence-electron chi connectivity index (χ2n) is 8.60. The Labute approximate surface area is 200 Å². The largest absolute Gasteiger partial charge is 0.445 e. The first-order chi connectivity index (χ1) is 16.7. The first-order valence-corrected chi connectivity index (χ1v) is 12.1. The van der Waals surface area contributed by atoms with Crippen molar-refractivity contribution in [2.75, 3.05) is 37.6 Å². The highest BCUT2D eigenvalue weighted by molar-refractivity contribution is 5.77. The Kier molecular flexibility index (Phi) is 8.32. The predicted octanol–water partition coefficient (Wildman–Crippen LogP) is 3.79. The molecule has 3 aromatic rings. The predicted molar refractivity (Wildman–Crippen MR) is 132 cm³/mol. The summed E-state index contributed by atoms with van der Waals surface area (Å²) in [6, 6.07) is 22.1. The summed E-state index contributed by atoms with van der Waals surface area (Å²) in [7, 11) is 0. The van der Waals surface area contributed by atoms with E-state index >= 15 is 0 Å². The summed E-state index contributed by atoms with van der Waals surface area (Å²) in [4.78, 5) is 32.1. The molecule has 0 spiro atoms. The number of rotatable bonds is 9. The van der Waals surface area contributed by atoms with Crippen LogP contribution in [-0.4, -0.2) is 49.6 Å². The zero-order valence-electron chi connectivity index (χ0n) is 19.5. The summed E-state index contributed by atoms with van der Waals surface area (Å²) in [5.74, 6) is 1.32. The third-order valence-corrected chi connectivity index (χ3v) is 6.17. The number of benzene rings is 2. The Bertz CT molecular complexity index is 1080. The minimum Gasteiger partial charge on any atom is -0.445 e. The first-order valence-electron chi connectivity index (χ1n) is 12.1. The number of unbranched alkanes of at least 4 members (excludes halogenated alkanes) is 2. The van der Waals surface area contributed by atoms with Gasteiger partial charge in [0.1, 0.15) is 25.2 Å². The Hall–Kier alpha value is -3.61. The molecule has 1 aromatic heterocycles. The van der Waals surface area contributed by atoms with Crippen LogP contribution in [0.15, 0.2) is 66.7 Å². The van der Waals surface area contributed by atoms with Crippen LogP contribution < -0.4 is 15.2 Å². The zero-order valence-corrected chi connectivity index (χ0v) is 19.5. The fourth-order valence-corrected chi connectivity index (χ4v) is 4.19. The normalized spacial score (nSPS) is 13.6. The lowest BCUT2D eigenvalue weighted by Crippen LogP contribution is -2.50. The Morgan fingerprint density at radius 3 is 2.44 bits per heavy atom. The summed E-state index contributed by atoms with van der Waals surface area (Å²) in [5, 5.41) is 3.96. The molecule has 2 amide bonds. The molecule has 0 bridgehead atoms. The van der Waals surface area contributed by atoms with Gasteiger partial charge in [-0.25, -0.2) is 9.78 Å². The van der Waals surface area contributed by atoms with Crippen LogP contribution in [0.1, 0.15) is 31.2 Å². The molecule has 0 aliphatic carbocycles. The molecule has 1 fully saturated rings. The van der Waals surface area contributed by atoms with Gasteiger partial charge in [0.2, 0.25) is 5.91 Å². The highest BCUT2D eigenvalue weighted by Crippen LogP contribution is 2.16. The maximum Gasteiger partial charge on any atom is 0.407 e. The number of ether oxygens (including phenoxy) is 1. The maximum absolute atomic E-state index is 12.6. The molecule has 7 nitrogen and oxygen atoms in total. The molecule has 2 N–H and O–H groups in total. The van der Waals surface area contributed by atoms with E-state index in [9.17, 15) is 9.59 Å². The zero-order chi connectivity index (χ0) is 23.6. The van der Waals surface area contributed by atoms with Crippen molar-refractivity contribution in [3.8, 4) is 0 Å². The van der Waals surface area contributed by atoms with Gasteiger partial charge in [-0.1, -0.05) is 55.0 Å². The van der Waals surface area contributed by atoms with Crippen LogP contribution in [0.4, 0.5) is 10.6 Å². The molecule has 2 aromatic carbocycles. The number of nitrogens with zero attached hydrogens (tertiary/aromatic N) is 2. The monoisotopic (exact) mass is 461 g/mol. The number of amides is 2. The average molecular weight is 462 g/mol. The van der Waals surface area contributed by atoms with Gasteiger partial charge < -0.3 is 15.0 Å². The number of aromatic amines is 1. The van der Waals surface area contributed by atoms with E-state index < -0.39 is 6.09 Å². The van der Waals surface area contributed by atoms with Crippen LogP contribution in [0.25, 0.3) is 10.9 Å². The molecule has 1 aliphatic rings. The summed E-state index contributed by atoms with van der Waals surface area (Å²) in [5.41, 5.74) is 2.09. The topological polar surface area (TPSA) is 76.0 Å². The molecule has 7 heteroatoms. The molecule has 178 valence electrons. The summed E-state index contributed by atoms with van der Waals surface area (Å²) in [6.07, 6.45) is 2.72. The number of anilines is 1. The van der Waals surface area contributed by atoms with E-state index in [1.807, 2.05) is 47.4 Å². The third-order valence-electron chi connectivity index (χ3n) is 6.17. The first kappa shape index (κ1) is 23.5. The lowest BCUT2D eigenvalue weighted by Gasteiger charge is -2.31. The fraction of sp³-hybridized carbons (Fsp3) is 0.370. The van der Waals surface area contributed by atoms with Crippen molar-refractivity contribution in [3.63, 3.8) is 0 Å². The molecular formula is C27H33N4O3+.